The molecule has 0 spiro atoms. The minimum absolute atomic E-state index is 0.0452. The highest BCUT2D eigenvalue weighted by Gasteiger charge is 2.16. The minimum Gasteiger partial charge on any atom is -0.383 e. The Kier molecular flexibility index (Phi) is 3.39. The average molecular weight is 300 g/mol. The van der Waals surface area contributed by atoms with E-state index in [0.717, 1.165) is 10.9 Å². The first-order valence-electron chi connectivity index (χ1n) is 4.92. The summed E-state index contributed by atoms with van der Waals surface area (Å²) in [5, 5.41) is 15.7. The zero-order chi connectivity index (χ0) is 12.4. The molecule has 17 heavy (non-hydrogen) atoms. The fourth-order valence-corrected chi connectivity index (χ4v) is 2.19. The van der Waals surface area contributed by atoms with Gasteiger partial charge in [0.15, 0.2) is 0 Å². The van der Waals surface area contributed by atoms with Crippen LogP contribution in [0.3, 0.4) is 0 Å². The molecule has 0 radical (unpaired) electrons. The highest BCUT2D eigenvalue weighted by Crippen LogP contribution is 2.32. The van der Waals surface area contributed by atoms with Crippen molar-refractivity contribution in [2.45, 2.75) is 6.54 Å². The largest absolute Gasteiger partial charge is 0.383 e. The summed E-state index contributed by atoms with van der Waals surface area (Å²) < 4.78 is 7.19. The molecule has 1 heterocycles. The molecule has 0 bridgehead atoms. The lowest BCUT2D eigenvalue weighted by molar-refractivity contribution is -0.385. The summed E-state index contributed by atoms with van der Waals surface area (Å²) in [5.74, 6) is 0. The number of ether oxygens (including phenoxy) is 1. The van der Waals surface area contributed by atoms with Gasteiger partial charge < -0.3 is 4.74 Å². The second kappa shape index (κ2) is 4.80. The standard InChI is InChI=1S/C10H10BrN3O3/c1-17-5-4-13-8-2-3-9(14(15)16)10(11)7(8)6-12-13/h2-3,6H,4-5H2,1H3. The van der Waals surface area contributed by atoms with Crippen LogP contribution in [0.5, 0.6) is 0 Å². The van der Waals surface area contributed by atoms with E-state index in [2.05, 4.69) is 21.0 Å². The molecule has 0 amide bonds. The van der Waals surface area contributed by atoms with Crippen molar-refractivity contribution >= 4 is 32.5 Å². The number of hydrogen-bond acceptors (Lipinski definition) is 4. The van der Waals surface area contributed by atoms with Crippen LogP contribution in [-0.2, 0) is 11.3 Å². The van der Waals surface area contributed by atoms with Gasteiger partial charge in [-0.05, 0) is 22.0 Å². The van der Waals surface area contributed by atoms with E-state index in [1.807, 2.05) is 0 Å². The molecule has 0 atom stereocenters. The molecule has 6 nitrogen and oxygen atoms in total. The molecule has 0 unspecified atom stereocenters. The number of fused-ring (bicyclic) bond motifs is 1. The first kappa shape index (κ1) is 12.0. The van der Waals surface area contributed by atoms with Gasteiger partial charge in [-0.2, -0.15) is 5.10 Å². The maximum Gasteiger partial charge on any atom is 0.284 e. The highest BCUT2D eigenvalue weighted by atomic mass is 79.9. The monoisotopic (exact) mass is 299 g/mol. The first-order chi connectivity index (χ1) is 8.15. The van der Waals surface area contributed by atoms with E-state index in [1.165, 1.54) is 6.07 Å². The number of rotatable bonds is 4. The summed E-state index contributed by atoms with van der Waals surface area (Å²) in [6.07, 6.45) is 1.61. The molecule has 1 aromatic carbocycles. The van der Waals surface area contributed by atoms with Gasteiger partial charge in [-0.3, -0.25) is 14.8 Å². The molecule has 90 valence electrons. The van der Waals surface area contributed by atoms with E-state index in [0.29, 0.717) is 17.6 Å². The van der Waals surface area contributed by atoms with Crippen molar-refractivity contribution in [2.75, 3.05) is 13.7 Å². The van der Waals surface area contributed by atoms with Crippen molar-refractivity contribution in [3.63, 3.8) is 0 Å². The summed E-state index contributed by atoms with van der Waals surface area (Å²) in [7, 11) is 1.62. The zero-order valence-electron chi connectivity index (χ0n) is 9.09. The van der Waals surface area contributed by atoms with Gasteiger partial charge >= 0.3 is 0 Å². The zero-order valence-corrected chi connectivity index (χ0v) is 10.7. The van der Waals surface area contributed by atoms with Gasteiger partial charge in [0.2, 0.25) is 0 Å². The van der Waals surface area contributed by atoms with Crippen molar-refractivity contribution in [1.29, 1.82) is 0 Å². The number of halogens is 1. The van der Waals surface area contributed by atoms with Crippen LogP contribution in [0, 0.1) is 10.1 Å². The van der Waals surface area contributed by atoms with Crippen LogP contribution in [0.15, 0.2) is 22.8 Å². The van der Waals surface area contributed by atoms with Crippen LogP contribution in [0.25, 0.3) is 10.9 Å². The Balaban J connectivity index is 2.50. The van der Waals surface area contributed by atoms with E-state index in [9.17, 15) is 10.1 Å². The summed E-state index contributed by atoms with van der Waals surface area (Å²) in [5.41, 5.74) is 0.892. The number of nitro benzene ring substituents is 1. The second-order valence-electron chi connectivity index (χ2n) is 3.45. The Hall–Kier alpha value is -1.47. The van der Waals surface area contributed by atoms with Gasteiger partial charge in [0.25, 0.3) is 5.69 Å². The quantitative estimate of drug-likeness (QED) is 0.642. The minimum atomic E-state index is -0.421. The van der Waals surface area contributed by atoms with Crippen molar-refractivity contribution in [2.24, 2.45) is 0 Å². The van der Waals surface area contributed by atoms with Crippen LogP contribution in [-0.4, -0.2) is 28.4 Å². The molecule has 0 saturated carbocycles. The topological polar surface area (TPSA) is 70.2 Å². The smallest absolute Gasteiger partial charge is 0.284 e. The number of benzene rings is 1. The average Bonchev–Trinajstić information content (AvgIpc) is 2.70. The van der Waals surface area contributed by atoms with Gasteiger partial charge in [0, 0.05) is 18.6 Å². The summed E-state index contributed by atoms with van der Waals surface area (Å²) >= 11 is 3.24. The lowest BCUT2D eigenvalue weighted by atomic mass is 10.2. The van der Waals surface area contributed by atoms with Crippen LogP contribution in [0.2, 0.25) is 0 Å². The Labute approximate surface area is 105 Å². The predicted molar refractivity (Wildman–Crippen MR) is 66.0 cm³/mol. The van der Waals surface area contributed by atoms with Crippen LogP contribution >= 0.6 is 15.9 Å². The normalized spacial score (nSPS) is 10.9. The first-order valence-corrected chi connectivity index (χ1v) is 5.72. The summed E-state index contributed by atoms with van der Waals surface area (Å²) in [6.45, 7) is 1.16. The molecule has 2 aromatic rings. The Bertz CT molecular complexity index is 567. The summed E-state index contributed by atoms with van der Waals surface area (Å²) in [4.78, 5) is 10.4. The summed E-state index contributed by atoms with van der Waals surface area (Å²) in [6, 6.07) is 3.16. The maximum absolute atomic E-state index is 10.8. The van der Waals surface area contributed by atoms with Crippen LogP contribution in [0.4, 0.5) is 5.69 Å². The van der Waals surface area contributed by atoms with E-state index in [4.69, 9.17) is 4.74 Å². The van der Waals surface area contributed by atoms with E-state index in [-0.39, 0.29) is 5.69 Å². The SMILES string of the molecule is COCCn1ncc2c(Br)c([N+](=O)[O-])ccc21. The molecule has 0 aliphatic rings. The van der Waals surface area contributed by atoms with Gasteiger partial charge in [-0.1, -0.05) is 0 Å². The van der Waals surface area contributed by atoms with Gasteiger partial charge in [0.1, 0.15) is 4.47 Å². The van der Waals surface area contributed by atoms with Crippen molar-refractivity contribution in [3.05, 3.63) is 32.9 Å². The van der Waals surface area contributed by atoms with Crippen molar-refractivity contribution in [1.82, 2.24) is 9.78 Å². The molecule has 0 fully saturated rings. The Morgan fingerprint density at radius 1 is 1.59 bits per heavy atom. The number of nitro groups is 1. The molecule has 7 heteroatoms. The fraction of sp³-hybridized carbons (Fsp3) is 0.300. The van der Waals surface area contributed by atoms with Crippen LogP contribution in [0.1, 0.15) is 0 Å². The second-order valence-corrected chi connectivity index (χ2v) is 4.24. The molecule has 0 aliphatic heterocycles. The van der Waals surface area contributed by atoms with Crippen molar-refractivity contribution in [3.8, 4) is 0 Å². The predicted octanol–water partition coefficient (Wildman–Crippen LogP) is 2.35. The highest BCUT2D eigenvalue weighted by molar-refractivity contribution is 9.10. The third kappa shape index (κ3) is 2.16. The fourth-order valence-electron chi connectivity index (χ4n) is 1.61. The molecule has 0 N–H and O–H groups in total. The molecule has 1 aromatic heterocycles. The van der Waals surface area contributed by atoms with E-state index in [1.54, 1.807) is 24.1 Å². The van der Waals surface area contributed by atoms with Gasteiger partial charge in [-0.15, -0.1) is 0 Å². The Morgan fingerprint density at radius 3 is 3.00 bits per heavy atom. The molecule has 0 aliphatic carbocycles. The molecule has 0 saturated heterocycles. The number of aromatic nitrogens is 2. The third-order valence-electron chi connectivity index (χ3n) is 2.44. The molecular formula is C10H10BrN3O3. The lowest BCUT2D eigenvalue weighted by Gasteiger charge is -2.02. The third-order valence-corrected chi connectivity index (χ3v) is 3.28. The van der Waals surface area contributed by atoms with E-state index >= 15 is 0 Å². The van der Waals surface area contributed by atoms with Gasteiger partial charge in [0.05, 0.1) is 29.8 Å². The molecule has 2 rings (SSSR count). The van der Waals surface area contributed by atoms with E-state index < -0.39 is 4.92 Å². The van der Waals surface area contributed by atoms with Crippen LogP contribution < -0.4 is 0 Å². The number of nitrogens with zero attached hydrogens (tertiary/aromatic N) is 3. The lowest BCUT2D eigenvalue weighted by Crippen LogP contribution is -2.05. The van der Waals surface area contributed by atoms with Crippen molar-refractivity contribution < 1.29 is 9.66 Å². The molecular weight excluding hydrogens is 290 g/mol. The van der Waals surface area contributed by atoms with Gasteiger partial charge in [-0.25, -0.2) is 0 Å². The number of methoxy groups -OCH3 is 1. The number of hydrogen-bond donors (Lipinski definition) is 0. The maximum atomic E-state index is 10.8. The Morgan fingerprint density at radius 2 is 2.35 bits per heavy atom.